The third kappa shape index (κ3) is 7.22. The first kappa shape index (κ1) is 26.1. The van der Waals surface area contributed by atoms with Crippen molar-refractivity contribution in [3.05, 3.63) is 12.7 Å². The van der Waals surface area contributed by atoms with Gasteiger partial charge >= 0.3 is 7.82 Å². The van der Waals surface area contributed by atoms with Crippen molar-refractivity contribution in [2.75, 3.05) is 30.5 Å². The van der Waals surface area contributed by atoms with Crippen LogP contribution in [0.25, 0.3) is 11.2 Å². The number of hydrogen-bond acceptors (Lipinski definition) is 13. The summed E-state index contributed by atoms with van der Waals surface area (Å²) in [6.45, 7) is 4.65. The number of anilines is 1. The number of imidazole rings is 1. The van der Waals surface area contributed by atoms with Crippen LogP contribution >= 0.6 is 31.3 Å². The first-order valence-electron chi connectivity index (χ1n) is 10.1. The molecule has 15 heteroatoms. The molecule has 0 spiro atoms. The van der Waals surface area contributed by atoms with Crippen molar-refractivity contribution in [2.45, 2.75) is 45.6 Å². The van der Waals surface area contributed by atoms with Gasteiger partial charge in [-0.25, -0.2) is 19.5 Å². The highest BCUT2D eigenvalue weighted by molar-refractivity contribution is 8.13. The number of aromatic nitrogens is 4. The maximum atomic E-state index is 13.3. The molecule has 2 aromatic heterocycles. The summed E-state index contributed by atoms with van der Waals surface area (Å²) in [5, 5.41) is -0.156. The summed E-state index contributed by atoms with van der Waals surface area (Å²) in [4.78, 5) is 34.7. The van der Waals surface area contributed by atoms with E-state index in [1.807, 2.05) is 0 Å². The van der Waals surface area contributed by atoms with Crippen LogP contribution in [0.15, 0.2) is 12.7 Å². The Labute approximate surface area is 199 Å². The molecule has 1 saturated heterocycles. The van der Waals surface area contributed by atoms with Crippen molar-refractivity contribution in [3.8, 4) is 0 Å². The number of nitrogens with two attached hydrogens (primary N) is 1. The van der Waals surface area contributed by atoms with E-state index in [1.165, 1.54) is 20.2 Å². The van der Waals surface area contributed by atoms with Gasteiger partial charge in [0, 0.05) is 31.8 Å². The minimum atomic E-state index is -3.98. The Kier molecular flexibility index (Phi) is 9.27. The lowest BCUT2D eigenvalue weighted by Crippen LogP contribution is -2.21. The standard InChI is InChI=1S/C18H26N5O7PS2/c1-11-14(8-15(29-11)23-10-22-16-17(19)20-9-21-18(16)23)30-31(26,27-4-6-32-12(2)24)28-5-7-33-13(3)25/h9-11,14-15H,4-8H2,1-3H3,(H2,19,20,21). The Balaban J connectivity index is 1.67. The van der Waals surface area contributed by atoms with E-state index in [9.17, 15) is 14.2 Å². The molecule has 1 aliphatic rings. The molecule has 2 aromatic rings. The smallest absolute Gasteiger partial charge is 0.382 e. The van der Waals surface area contributed by atoms with Gasteiger partial charge in [-0.3, -0.25) is 27.7 Å². The molecule has 182 valence electrons. The number of phosphoric ester groups is 1. The predicted octanol–water partition coefficient (Wildman–Crippen LogP) is 2.80. The van der Waals surface area contributed by atoms with Gasteiger partial charge in [0.2, 0.25) is 0 Å². The fourth-order valence-corrected chi connectivity index (χ4v) is 5.67. The second-order valence-corrected chi connectivity index (χ2v) is 11.2. The van der Waals surface area contributed by atoms with E-state index >= 15 is 0 Å². The number of carbonyl (C=O) groups is 2. The molecule has 1 aliphatic heterocycles. The molecule has 3 rings (SSSR count). The summed E-state index contributed by atoms with van der Waals surface area (Å²) >= 11 is 2.09. The molecular weight excluding hydrogens is 493 g/mol. The van der Waals surface area contributed by atoms with Crippen molar-refractivity contribution in [1.29, 1.82) is 0 Å². The summed E-state index contributed by atoms with van der Waals surface area (Å²) in [6.07, 6.45) is 1.69. The fourth-order valence-electron chi connectivity index (χ4n) is 3.10. The van der Waals surface area contributed by atoms with E-state index in [1.54, 1.807) is 17.8 Å². The number of fused-ring (bicyclic) bond motifs is 1. The van der Waals surface area contributed by atoms with Gasteiger partial charge in [0.25, 0.3) is 0 Å². The van der Waals surface area contributed by atoms with Crippen molar-refractivity contribution < 1.29 is 32.5 Å². The molecule has 2 N–H and O–H groups in total. The summed E-state index contributed by atoms with van der Waals surface area (Å²) < 4.78 is 37.7. The van der Waals surface area contributed by atoms with E-state index in [2.05, 4.69) is 15.0 Å². The second-order valence-electron chi connectivity index (χ2n) is 7.05. The predicted molar refractivity (Wildman–Crippen MR) is 125 cm³/mol. The number of hydrogen-bond donors (Lipinski definition) is 1. The number of carbonyl (C=O) groups excluding carboxylic acids is 2. The molecule has 0 amide bonds. The van der Waals surface area contributed by atoms with Crippen LogP contribution in [0, 0.1) is 0 Å². The van der Waals surface area contributed by atoms with E-state index in [0.717, 1.165) is 23.5 Å². The highest BCUT2D eigenvalue weighted by Gasteiger charge is 2.41. The maximum absolute atomic E-state index is 13.3. The Morgan fingerprint density at radius 2 is 1.82 bits per heavy atom. The van der Waals surface area contributed by atoms with E-state index in [-0.39, 0.29) is 29.3 Å². The zero-order valence-electron chi connectivity index (χ0n) is 18.4. The van der Waals surface area contributed by atoms with E-state index in [4.69, 9.17) is 24.0 Å². The van der Waals surface area contributed by atoms with Gasteiger partial charge in [-0.05, 0) is 6.92 Å². The Morgan fingerprint density at radius 1 is 1.18 bits per heavy atom. The van der Waals surface area contributed by atoms with Crippen molar-refractivity contribution in [3.63, 3.8) is 0 Å². The second kappa shape index (κ2) is 11.7. The zero-order valence-corrected chi connectivity index (χ0v) is 20.9. The molecular formula is C18H26N5O7PS2. The summed E-state index contributed by atoms with van der Waals surface area (Å²) in [5.41, 5.74) is 6.82. The zero-order chi connectivity index (χ0) is 24.0. The van der Waals surface area contributed by atoms with Crippen LogP contribution in [-0.2, 0) is 32.5 Å². The number of thioether (sulfide) groups is 2. The lowest BCUT2D eigenvalue weighted by Gasteiger charge is -2.22. The minimum Gasteiger partial charge on any atom is -0.382 e. The lowest BCUT2D eigenvalue weighted by atomic mass is 10.2. The Hall–Kier alpha value is -1.54. The van der Waals surface area contributed by atoms with Crippen LogP contribution in [0.5, 0.6) is 0 Å². The third-order valence-corrected chi connectivity index (χ3v) is 7.65. The van der Waals surface area contributed by atoms with Crippen molar-refractivity contribution in [2.24, 2.45) is 0 Å². The molecule has 0 radical (unpaired) electrons. The lowest BCUT2D eigenvalue weighted by molar-refractivity contribution is -0.109. The van der Waals surface area contributed by atoms with Gasteiger partial charge in [-0.2, -0.15) is 0 Å². The number of nitrogens with zero attached hydrogens (tertiary/aromatic N) is 4. The third-order valence-electron chi connectivity index (χ3n) is 4.57. The number of nitrogen functional groups attached to an aromatic ring is 1. The average Bonchev–Trinajstić information content (AvgIpc) is 3.33. The molecule has 3 atom stereocenters. The van der Waals surface area contributed by atoms with Gasteiger partial charge in [0.15, 0.2) is 21.7 Å². The fraction of sp³-hybridized carbons (Fsp3) is 0.611. The number of rotatable bonds is 11. The Bertz CT molecular complexity index is 1010. The summed E-state index contributed by atoms with van der Waals surface area (Å²) in [5.74, 6) is 0.863. The molecule has 0 aliphatic carbocycles. The average molecular weight is 520 g/mol. The summed E-state index contributed by atoms with van der Waals surface area (Å²) in [6, 6.07) is 0. The maximum Gasteiger partial charge on any atom is 0.475 e. The monoisotopic (exact) mass is 519 g/mol. The molecule has 1 fully saturated rings. The first-order chi connectivity index (χ1) is 15.7. The van der Waals surface area contributed by atoms with Crippen LogP contribution in [0.3, 0.4) is 0 Å². The molecule has 33 heavy (non-hydrogen) atoms. The van der Waals surface area contributed by atoms with Gasteiger partial charge in [0.1, 0.15) is 18.1 Å². The van der Waals surface area contributed by atoms with Gasteiger partial charge in [-0.1, -0.05) is 23.5 Å². The van der Waals surface area contributed by atoms with Crippen LogP contribution in [0.2, 0.25) is 0 Å². The quantitative estimate of drug-likeness (QED) is 0.341. The highest BCUT2D eigenvalue weighted by Crippen LogP contribution is 2.53. The SMILES string of the molecule is CC(=O)SCCOP(=O)(OCCSC(C)=O)OC1CC(n2cnc3c(N)ncnc32)OC1C. The Morgan fingerprint density at radius 3 is 2.42 bits per heavy atom. The van der Waals surface area contributed by atoms with Crippen LogP contribution in [0.1, 0.15) is 33.4 Å². The van der Waals surface area contributed by atoms with Crippen LogP contribution in [-0.4, -0.2) is 66.7 Å². The highest BCUT2D eigenvalue weighted by atomic mass is 32.2. The molecule has 0 saturated carbocycles. The topological polar surface area (TPSA) is 158 Å². The normalized spacial score (nSPS) is 21.0. The van der Waals surface area contributed by atoms with Crippen LogP contribution < -0.4 is 5.73 Å². The van der Waals surface area contributed by atoms with E-state index in [0.29, 0.717) is 29.1 Å². The summed E-state index contributed by atoms with van der Waals surface area (Å²) in [7, 11) is -3.98. The largest absolute Gasteiger partial charge is 0.475 e. The molecule has 3 heterocycles. The molecule has 12 nitrogen and oxygen atoms in total. The number of phosphoric acid groups is 1. The van der Waals surface area contributed by atoms with Crippen LogP contribution in [0.4, 0.5) is 5.82 Å². The number of ether oxygens (including phenoxy) is 1. The minimum absolute atomic E-state index is 0.00484. The van der Waals surface area contributed by atoms with Crippen molar-refractivity contribution in [1.82, 2.24) is 19.5 Å². The van der Waals surface area contributed by atoms with Crippen molar-refractivity contribution >= 4 is 58.6 Å². The van der Waals surface area contributed by atoms with Gasteiger partial charge in [0.05, 0.1) is 31.7 Å². The first-order valence-corrected chi connectivity index (χ1v) is 13.5. The van der Waals surface area contributed by atoms with E-state index < -0.39 is 26.3 Å². The molecule has 3 unspecified atom stereocenters. The molecule has 0 aromatic carbocycles. The van der Waals surface area contributed by atoms with Gasteiger partial charge < -0.3 is 10.5 Å². The molecule has 0 bridgehead atoms. The van der Waals surface area contributed by atoms with Gasteiger partial charge in [-0.15, -0.1) is 0 Å².